The first-order valence-corrected chi connectivity index (χ1v) is 49.9. The van der Waals surface area contributed by atoms with Crippen LogP contribution in [0, 0.1) is 34.9 Å². The molecule has 1 fully saturated rings. The molecule has 12 nitrogen and oxygen atoms in total. The first kappa shape index (κ1) is 97.6. The van der Waals surface area contributed by atoms with Crippen LogP contribution in [0.3, 0.4) is 0 Å². The number of carbonyl (C=O) groups excluding carboxylic acids is 2. The lowest BCUT2D eigenvalue weighted by Gasteiger charge is -2.37. The topological polar surface area (TPSA) is 145 Å². The fraction of sp³-hybridized carbons (Fsp3) is 0.487. The summed E-state index contributed by atoms with van der Waals surface area (Å²) in [4.78, 5) is 24.8. The maximum atomic E-state index is 13.9. The lowest BCUT2D eigenvalue weighted by Crippen LogP contribution is -2.43. The number of benzene rings is 6. The lowest BCUT2D eigenvalue weighted by atomic mass is 10.1. The zero-order chi connectivity index (χ0) is 80.8. The molecule has 0 aromatic heterocycles. The molecule has 0 radical (unpaired) electrons. The van der Waals surface area contributed by atoms with Crippen LogP contribution in [0.25, 0.3) is 5.76 Å². The summed E-state index contributed by atoms with van der Waals surface area (Å²) >= 11 is 15.6. The molecule has 3 atom stereocenters. The predicted octanol–water partition coefficient (Wildman–Crippen LogP) is 24.0. The highest BCUT2D eigenvalue weighted by atomic mass is 79.9. The summed E-state index contributed by atoms with van der Waals surface area (Å²) in [7, 11) is -4.31. The predicted molar refractivity (Wildman–Crippen MR) is 445 cm³/mol. The number of carbonyl (C=O) groups is 2. The van der Waals surface area contributed by atoms with Gasteiger partial charge in [-0.05, 0) is 267 Å². The Morgan fingerprint density at radius 2 is 0.829 bits per heavy atom. The second-order valence-corrected chi connectivity index (χ2v) is 54.7. The minimum absolute atomic E-state index is 0.0502. The van der Waals surface area contributed by atoms with Gasteiger partial charge in [-0.3, -0.25) is 9.59 Å². The molecule has 1 heterocycles. The Bertz CT molecular complexity index is 3780. The van der Waals surface area contributed by atoms with Crippen molar-refractivity contribution in [2.24, 2.45) is 0 Å². The molecule has 1 saturated heterocycles. The van der Waals surface area contributed by atoms with Gasteiger partial charge in [-0.2, -0.15) is 0 Å². The van der Waals surface area contributed by atoms with Crippen molar-refractivity contribution in [2.75, 3.05) is 71.7 Å². The number of aliphatic hydroxyl groups excluding tert-OH is 2. The van der Waals surface area contributed by atoms with Crippen LogP contribution in [-0.4, -0.2) is 122 Å². The number of hydrogen-bond donors (Lipinski definition) is 3. The van der Waals surface area contributed by atoms with Crippen LogP contribution in [0.2, 0.25) is 72.5 Å². The molecular weight excluding hydrogens is 1750 g/mol. The number of rotatable bonds is 21. The summed E-state index contributed by atoms with van der Waals surface area (Å²) in [6, 6.07) is 27.6. The smallest absolute Gasteiger partial charge is 0.250 e. The van der Waals surface area contributed by atoms with Gasteiger partial charge in [-0.15, -0.1) is 0 Å². The van der Waals surface area contributed by atoms with Crippen LogP contribution in [0.5, 0.6) is 0 Å². The Kier molecular flexibility index (Phi) is 39.8. The summed E-state index contributed by atoms with van der Waals surface area (Å²) in [5.74, 6) is -1.40. The van der Waals surface area contributed by atoms with Gasteiger partial charge in [0.1, 0.15) is 59.0 Å². The monoisotopic (exact) mass is 1860 g/mol. The molecule has 105 heavy (non-hydrogen) atoms. The molecule has 0 bridgehead atoms. The number of methoxy groups -OCH3 is 2. The Hall–Kier alpha value is -3.47. The molecule has 6 aromatic rings. The Morgan fingerprint density at radius 1 is 0.486 bits per heavy atom. The van der Waals surface area contributed by atoms with Gasteiger partial charge in [0.05, 0.1) is 54.5 Å². The van der Waals surface area contributed by atoms with Gasteiger partial charge in [0.2, 0.25) is 8.32 Å². The molecule has 1 aliphatic rings. The Morgan fingerprint density at radius 3 is 1.23 bits per heavy atom. The number of aliphatic hydroxyl groups is 2. The van der Waals surface area contributed by atoms with Crippen molar-refractivity contribution < 1.29 is 73.3 Å². The van der Waals surface area contributed by atoms with E-state index in [9.17, 15) is 46.1 Å². The quantitative estimate of drug-likeness (QED) is 0.0273. The normalized spacial score (nSPS) is 13.8. The van der Waals surface area contributed by atoms with Crippen LogP contribution in [0.15, 0.2) is 138 Å². The van der Waals surface area contributed by atoms with Gasteiger partial charge < -0.3 is 47.6 Å². The largest absolute Gasteiger partial charge is 0.543 e. The lowest BCUT2D eigenvalue weighted by molar-refractivity contribution is 0.0484. The number of ether oxygens (including phenoxy) is 2. The van der Waals surface area contributed by atoms with Gasteiger partial charge >= 0.3 is 0 Å². The van der Waals surface area contributed by atoms with Gasteiger partial charge in [-0.25, -0.2) is 26.3 Å². The standard InChI is InChI=1S/C15H24BrFO2Si.C14H22BrFO2Si.C14H20BrFO2Si.C14H20BrFOSi.C13H19FN2O2.C8H6BrFO/c1-15(2,3)20(5,6)19-10-14(18-4)11-7-8-13(17)12(16)9-11;2*1-14(2,3)19(4,5)18-9-13(17)10-6-7-12(16)11(15)8-10;1-10(17-18(5,6)14(2,3)4)11-7-8-13(16)12(15)9-11;1-18-13(9-17)10-2-3-11(14)12(8-10)16-6-4-15-5-7-16;1-5(11)6-2-3-8(10)7(9)4-6/h7-9,14H,10H2,1-6H3;6-8,13,17H,9H2,1-5H3;6-8H,9H2,1-5H3;7-9H,1H2,2-6H3;2-3,8,13,15,17H,4-7,9H2,1H3;2-4H,1H3. The van der Waals surface area contributed by atoms with E-state index in [0.717, 1.165) is 42.9 Å². The van der Waals surface area contributed by atoms with E-state index in [4.69, 9.17) is 27.2 Å². The molecular formula is C78H111Br5F6N2O10Si4. The van der Waals surface area contributed by atoms with E-state index < -0.39 is 45.5 Å². The number of nitrogens with zero attached hydrogens (tertiary/aromatic N) is 1. The van der Waals surface area contributed by atoms with E-state index >= 15 is 0 Å². The Labute approximate surface area is 668 Å². The number of halogens is 11. The van der Waals surface area contributed by atoms with Gasteiger partial charge in [-0.1, -0.05) is 108 Å². The maximum Gasteiger partial charge on any atom is 0.250 e. The molecule has 1 aliphatic heterocycles. The first-order valence-electron chi connectivity index (χ1n) is 34.3. The average molecular weight is 1860 g/mol. The molecule has 0 amide bonds. The van der Waals surface area contributed by atoms with E-state index in [2.05, 4.69) is 227 Å². The minimum atomic E-state index is -1.93. The van der Waals surface area contributed by atoms with Crippen molar-refractivity contribution in [3.8, 4) is 0 Å². The van der Waals surface area contributed by atoms with Crippen LogP contribution in [-0.2, 0) is 27.2 Å². The first-order chi connectivity index (χ1) is 48.1. The van der Waals surface area contributed by atoms with Crippen LogP contribution < -0.4 is 10.2 Å². The summed E-state index contributed by atoms with van der Waals surface area (Å²) in [5.41, 5.74) is 4.75. The van der Waals surface area contributed by atoms with Gasteiger partial charge in [0.15, 0.2) is 36.5 Å². The fourth-order valence-corrected chi connectivity index (χ4v) is 14.1. The number of nitrogens with one attached hydrogen (secondary N) is 1. The van der Waals surface area contributed by atoms with Crippen molar-refractivity contribution in [2.45, 2.75) is 181 Å². The second kappa shape index (κ2) is 42.8. The summed E-state index contributed by atoms with van der Waals surface area (Å²) in [6.45, 7) is 52.6. The van der Waals surface area contributed by atoms with E-state index in [1.807, 2.05) is 4.90 Å². The summed E-state index contributed by atoms with van der Waals surface area (Å²) in [5, 5.41) is 23.0. The van der Waals surface area contributed by atoms with Crippen molar-refractivity contribution in [1.82, 2.24) is 5.32 Å². The number of piperazine rings is 1. The number of anilines is 1. The highest BCUT2D eigenvalue weighted by molar-refractivity contribution is 9.11. The third kappa shape index (κ3) is 31.7. The average Bonchev–Trinajstić information content (AvgIpc) is 0.830. The van der Waals surface area contributed by atoms with Crippen LogP contribution in [0.1, 0.15) is 151 Å². The van der Waals surface area contributed by atoms with E-state index in [0.29, 0.717) is 57.1 Å². The molecule has 0 saturated carbocycles. The number of Topliss-reactive ketones (excluding diaryl/α,β-unsaturated/α-hetero) is 2. The SMILES string of the molecule is C=C(O[Si](C)(C)C(C)(C)C)c1ccc(F)c(Br)c1.CC(=O)c1ccc(F)c(Br)c1.CC(C)(C)[Si](C)(C)OCC(=O)c1ccc(F)c(Br)c1.CC(C)(C)[Si](C)(C)OCC(O)c1ccc(F)c(Br)c1.COC(CO)c1ccc(F)c(N2CCNCC2)c1.COC(CO[Si](C)(C)C(C)(C)C)c1ccc(F)c(Br)c1. The molecule has 0 spiro atoms. The zero-order valence-corrected chi connectivity index (χ0v) is 77.2. The maximum absolute atomic E-state index is 13.9. The molecule has 586 valence electrons. The second-order valence-electron chi connectivity index (χ2n) is 31.3. The molecule has 0 aliphatic carbocycles. The molecule has 7 rings (SSSR count). The molecule has 27 heteroatoms. The molecule has 6 aromatic carbocycles. The van der Waals surface area contributed by atoms with Crippen molar-refractivity contribution in [3.05, 3.63) is 206 Å². The highest BCUT2D eigenvalue weighted by Gasteiger charge is 2.41. The van der Waals surface area contributed by atoms with Crippen LogP contribution in [0.4, 0.5) is 32.0 Å². The highest BCUT2D eigenvalue weighted by Crippen LogP contribution is 2.42. The van der Waals surface area contributed by atoms with E-state index in [1.54, 1.807) is 55.6 Å². The minimum Gasteiger partial charge on any atom is -0.543 e. The Balaban J connectivity index is 0.000000431. The van der Waals surface area contributed by atoms with E-state index in [1.165, 1.54) is 74.7 Å². The fourth-order valence-electron chi connectivity index (χ4n) is 8.15. The summed E-state index contributed by atoms with van der Waals surface area (Å²) < 4.78 is 116. The number of hydrogen-bond acceptors (Lipinski definition) is 12. The van der Waals surface area contributed by atoms with Crippen molar-refractivity contribution in [1.29, 1.82) is 0 Å². The zero-order valence-electron chi connectivity index (χ0n) is 65.3. The third-order valence-electron chi connectivity index (χ3n) is 19.4. The van der Waals surface area contributed by atoms with E-state index in [-0.39, 0.29) is 92.5 Å². The van der Waals surface area contributed by atoms with Crippen LogP contribution >= 0.6 is 79.6 Å². The van der Waals surface area contributed by atoms with Gasteiger partial charge in [0.25, 0.3) is 0 Å². The molecule has 3 N–H and O–H groups in total. The number of ketones is 2. The van der Waals surface area contributed by atoms with Gasteiger partial charge in [0, 0.05) is 57.1 Å². The third-order valence-corrected chi connectivity index (χ3v) is 40.2. The molecule has 3 unspecified atom stereocenters. The van der Waals surface area contributed by atoms with Crippen molar-refractivity contribution >= 4 is 136 Å². The summed E-state index contributed by atoms with van der Waals surface area (Å²) in [6.07, 6.45) is -1.31. The van der Waals surface area contributed by atoms with Crippen molar-refractivity contribution in [3.63, 3.8) is 0 Å².